The molecule has 1 fully saturated rings. The first kappa shape index (κ1) is 23.9. The Bertz CT molecular complexity index is 1080. The van der Waals surface area contributed by atoms with Gasteiger partial charge in [-0.1, -0.05) is 19.1 Å². The van der Waals surface area contributed by atoms with E-state index in [2.05, 4.69) is 27.8 Å². The van der Waals surface area contributed by atoms with Crippen LogP contribution in [-0.2, 0) is 16.0 Å². The lowest BCUT2D eigenvalue weighted by molar-refractivity contribution is -0.121. The molecule has 2 aromatic rings. The number of aliphatic imine (C=N–C) groups is 1. The first-order valence-electron chi connectivity index (χ1n) is 10.0. The molecular weight excluding hydrogens is 494 g/mol. The number of hydrogen-bond acceptors (Lipinski definition) is 6. The highest BCUT2D eigenvalue weighted by atomic mass is 79.9. The summed E-state index contributed by atoms with van der Waals surface area (Å²) < 4.78 is 11.7. The number of amides is 2. The van der Waals surface area contributed by atoms with Crippen LogP contribution in [-0.4, -0.2) is 42.1 Å². The summed E-state index contributed by atoms with van der Waals surface area (Å²) in [4.78, 5) is 30.6. The average molecular weight is 518 g/mol. The molecule has 1 heterocycles. The van der Waals surface area contributed by atoms with Gasteiger partial charge in [-0.2, -0.15) is 0 Å². The summed E-state index contributed by atoms with van der Waals surface area (Å²) >= 11 is 4.76. The fourth-order valence-corrected chi connectivity index (χ4v) is 4.50. The van der Waals surface area contributed by atoms with Crippen LogP contribution < -0.4 is 15.2 Å². The van der Waals surface area contributed by atoms with Crippen LogP contribution in [0.15, 0.2) is 50.8 Å². The third-order valence-corrected chi connectivity index (χ3v) is 6.21. The van der Waals surface area contributed by atoms with E-state index in [1.807, 2.05) is 31.2 Å². The highest BCUT2D eigenvalue weighted by molar-refractivity contribution is 9.10. The number of thioether (sulfide) groups is 1. The molecule has 3 rings (SSSR count). The summed E-state index contributed by atoms with van der Waals surface area (Å²) in [5, 5.41) is 0.607. The number of likely N-dealkylation sites (N-methyl/N-ethyl adjacent to an activating group) is 1. The molecule has 168 valence electrons. The van der Waals surface area contributed by atoms with Crippen LogP contribution in [0.3, 0.4) is 0 Å². The molecule has 0 spiro atoms. The van der Waals surface area contributed by atoms with E-state index in [9.17, 15) is 9.59 Å². The molecule has 0 aromatic heterocycles. The number of carbonyl (C=O) groups is 2. The second-order valence-electron chi connectivity index (χ2n) is 6.91. The van der Waals surface area contributed by atoms with Crippen molar-refractivity contribution in [1.29, 1.82) is 0 Å². The quantitative estimate of drug-likeness (QED) is 0.519. The standard InChI is InChI=1S/C23H24BrN3O4S/c1-4-14-6-8-16(9-7-14)26-23-27(3)22(29)19(32-23)12-15-10-17(24)21(31-13-20(25)28)18(11-15)30-5-2/h6-12H,4-5,13H2,1-3H3,(H2,25,28). The number of aryl methyl sites for hydroxylation is 1. The van der Waals surface area contributed by atoms with Crippen molar-refractivity contribution in [3.8, 4) is 11.5 Å². The Morgan fingerprint density at radius 2 is 1.94 bits per heavy atom. The number of amidine groups is 1. The Morgan fingerprint density at radius 3 is 2.56 bits per heavy atom. The predicted molar refractivity (Wildman–Crippen MR) is 131 cm³/mol. The van der Waals surface area contributed by atoms with Crippen molar-refractivity contribution < 1.29 is 19.1 Å². The molecule has 1 aliphatic heterocycles. The molecule has 1 saturated heterocycles. The molecule has 2 amide bonds. The second kappa shape index (κ2) is 10.7. The summed E-state index contributed by atoms with van der Waals surface area (Å²) in [6.45, 7) is 4.09. The number of halogens is 1. The lowest BCUT2D eigenvalue weighted by Crippen LogP contribution is -2.23. The number of carbonyl (C=O) groups excluding carboxylic acids is 2. The molecule has 0 bridgehead atoms. The van der Waals surface area contributed by atoms with Gasteiger partial charge in [0.25, 0.3) is 11.8 Å². The predicted octanol–water partition coefficient (Wildman–Crippen LogP) is 4.51. The number of primary amides is 1. The van der Waals surface area contributed by atoms with Crippen molar-refractivity contribution >= 4 is 56.4 Å². The molecule has 9 heteroatoms. The third-order valence-electron chi connectivity index (χ3n) is 4.56. The Morgan fingerprint density at radius 1 is 1.22 bits per heavy atom. The van der Waals surface area contributed by atoms with Crippen molar-refractivity contribution in [1.82, 2.24) is 4.90 Å². The van der Waals surface area contributed by atoms with Gasteiger partial charge >= 0.3 is 0 Å². The smallest absolute Gasteiger partial charge is 0.266 e. The number of rotatable bonds is 8. The number of nitrogens with two attached hydrogens (primary N) is 1. The molecular formula is C23H24BrN3O4S. The zero-order valence-electron chi connectivity index (χ0n) is 18.1. The van der Waals surface area contributed by atoms with E-state index in [1.54, 1.807) is 25.3 Å². The minimum absolute atomic E-state index is 0.137. The zero-order valence-corrected chi connectivity index (χ0v) is 20.5. The van der Waals surface area contributed by atoms with Crippen molar-refractivity contribution in [2.24, 2.45) is 10.7 Å². The van der Waals surface area contributed by atoms with Gasteiger partial charge in [-0.3, -0.25) is 14.5 Å². The van der Waals surface area contributed by atoms with Crippen LogP contribution in [0.4, 0.5) is 5.69 Å². The first-order valence-corrected chi connectivity index (χ1v) is 11.7. The number of ether oxygens (including phenoxy) is 2. The molecule has 0 atom stereocenters. The largest absolute Gasteiger partial charge is 0.490 e. The van der Waals surface area contributed by atoms with E-state index in [4.69, 9.17) is 15.2 Å². The molecule has 0 radical (unpaired) electrons. The van der Waals surface area contributed by atoms with Crippen LogP contribution in [0.5, 0.6) is 11.5 Å². The van der Waals surface area contributed by atoms with E-state index in [-0.39, 0.29) is 12.5 Å². The SMILES string of the molecule is CCOc1cc(C=C2SC(=Nc3ccc(CC)cc3)N(C)C2=O)cc(Br)c1OCC(N)=O. The number of benzene rings is 2. The normalized spacial score (nSPS) is 16.1. The van der Waals surface area contributed by atoms with Crippen molar-refractivity contribution in [2.45, 2.75) is 20.3 Å². The van der Waals surface area contributed by atoms with Gasteiger partial charge < -0.3 is 15.2 Å². The van der Waals surface area contributed by atoms with Crippen molar-refractivity contribution in [3.05, 3.63) is 56.9 Å². The molecule has 1 aliphatic rings. The van der Waals surface area contributed by atoms with Crippen LogP contribution in [0.1, 0.15) is 25.0 Å². The maximum atomic E-state index is 12.8. The van der Waals surface area contributed by atoms with Gasteiger partial charge in [-0.15, -0.1) is 0 Å². The summed E-state index contributed by atoms with van der Waals surface area (Å²) in [5.74, 6) is 0.108. The fraction of sp³-hybridized carbons (Fsp3) is 0.261. The Hall–Kier alpha value is -2.78. The Labute approximate surface area is 199 Å². The van der Waals surface area contributed by atoms with Crippen LogP contribution in [0, 0.1) is 0 Å². The first-order chi connectivity index (χ1) is 15.3. The van der Waals surface area contributed by atoms with E-state index in [0.29, 0.717) is 32.7 Å². The number of hydrogen-bond donors (Lipinski definition) is 1. The maximum absolute atomic E-state index is 12.8. The van der Waals surface area contributed by atoms with Gasteiger partial charge in [-0.25, -0.2) is 4.99 Å². The van der Waals surface area contributed by atoms with E-state index < -0.39 is 5.91 Å². The van der Waals surface area contributed by atoms with Crippen molar-refractivity contribution in [3.63, 3.8) is 0 Å². The summed E-state index contributed by atoms with van der Waals surface area (Å²) in [7, 11) is 1.71. The average Bonchev–Trinajstić information content (AvgIpc) is 3.01. The monoisotopic (exact) mass is 517 g/mol. The highest BCUT2D eigenvalue weighted by Gasteiger charge is 2.30. The maximum Gasteiger partial charge on any atom is 0.266 e. The van der Waals surface area contributed by atoms with Crippen molar-refractivity contribution in [2.75, 3.05) is 20.3 Å². The van der Waals surface area contributed by atoms with Crippen LogP contribution in [0.2, 0.25) is 0 Å². The molecule has 0 aliphatic carbocycles. The van der Waals surface area contributed by atoms with Crippen LogP contribution >= 0.6 is 27.7 Å². The summed E-state index contributed by atoms with van der Waals surface area (Å²) in [5.41, 5.74) is 7.95. The number of nitrogens with zero attached hydrogens (tertiary/aromatic N) is 2. The van der Waals surface area contributed by atoms with E-state index >= 15 is 0 Å². The Balaban J connectivity index is 1.89. The summed E-state index contributed by atoms with van der Waals surface area (Å²) in [6, 6.07) is 11.5. The zero-order chi connectivity index (χ0) is 23.3. The van der Waals surface area contributed by atoms with E-state index in [1.165, 1.54) is 22.2 Å². The fourth-order valence-electron chi connectivity index (χ4n) is 2.94. The molecule has 0 saturated carbocycles. The molecule has 7 nitrogen and oxygen atoms in total. The molecule has 2 aromatic carbocycles. The van der Waals surface area contributed by atoms with Gasteiger partial charge in [0, 0.05) is 7.05 Å². The van der Waals surface area contributed by atoms with Gasteiger partial charge in [0.2, 0.25) is 0 Å². The topological polar surface area (TPSA) is 94.2 Å². The molecule has 0 unspecified atom stereocenters. The highest BCUT2D eigenvalue weighted by Crippen LogP contribution is 2.39. The molecule has 32 heavy (non-hydrogen) atoms. The Kier molecular flexibility index (Phi) is 7.98. The minimum Gasteiger partial charge on any atom is -0.490 e. The third kappa shape index (κ3) is 5.72. The minimum atomic E-state index is -0.585. The van der Waals surface area contributed by atoms with Gasteiger partial charge in [0.05, 0.1) is 21.7 Å². The summed E-state index contributed by atoms with van der Waals surface area (Å²) in [6.07, 6.45) is 2.74. The lowest BCUT2D eigenvalue weighted by Gasteiger charge is -2.14. The molecule has 2 N–H and O–H groups in total. The van der Waals surface area contributed by atoms with E-state index in [0.717, 1.165) is 17.7 Å². The second-order valence-corrected chi connectivity index (χ2v) is 8.77. The lowest BCUT2D eigenvalue weighted by atomic mass is 10.1. The van der Waals surface area contributed by atoms with Gasteiger partial charge in [-0.05, 0) is 82.5 Å². The van der Waals surface area contributed by atoms with Gasteiger partial charge in [0.1, 0.15) is 0 Å². The van der Waals surface area contributed by atoms with Gasteiger partial charge in [0.15, 0.2) is 23.3 Å². The van der Waals surface area contributed by atoms with Crippen LogP contribution in [0.25, 0.3) is 6.08 Å².